The van der Waals surface area contributed by atoms with Gasteiger partial charge in [-0.15, -0.1) is 0 Å². The second-order valence-corrected chi connectivity index (χ2v) is 6.82. The predicted molar refractivity (Wildman–Crippen MR) is 75.4 cm³/mol. The van der Waals surface area contributed by atoms with Crippen molar-refractivity contribution in [1.29, 1.82) is 0 Å². The Bertz CT molecular complexity index is 922. The molecule has 2 rings (SSSR count). The largest absolute Gasteiger partial charge is 0.507 e. The van der Waals surface area contributed by atoms with Crippen molar-refractivity contribution in [1.82, 2.24) is 0 Å². The summed E-state index contributed by atoms with van der Waals surface area (Å²) >= 11 is 0. The second kappa shape index (κ2) is 5.72. The van der Waals surface area contributed by atoms with Crippen LogP contribution in [-0.2, 0) is 20.2 Å². The molecular formula is C10H9NNaO7S2. The first-order chi connectivity index (χ1) is 9.00. The van der Waals surface area contributed by atoms with E-state index in [2.05, 4.69) is 0 Å². The van der Waals surface area contributed by atoms with Crippen LogP contribution in [0, 0.1) is 0 Å². The molecule has 109 valence electrons. The molecule has 0 aliphatic rings. The fraction of sp³-hybridized carbons (Fsp3) is 0. The Hall–Kier alpha value is -0.880. The normalized spacial score (nSPS) is 12.1. The van der Waals surface area contributed by atoms with E-state index in [0.29, 0.717) is 0 Å². The van der Waals surface area contributed by atoms with Crippen molar-refractivity contribution in [2.75, 3.05) is 5.73 Å². The van der Waals surface area contributed by atoms with Crippen LogP contribution in [0.1, 0.15) is 0 Å². The van der Waals surface area contributed by atoms with E-state index in [1.54, 1.807) is 0 Å². The first-order valence-corrected chi connectivity index (χ1v) is 7.89. The van der Waals surface area contributed by atoms with Crippen LogP contribution in [0.25, 0.3) is 10.8 Å². The smallest absolute Gasteiger partial charge is 0.296 e. The molecule has 21 heavy (non-hydrogen) atoms. The molecule has 0 aliphatic heterocycles. The van der Waals surface area contributed by atoms with Gasteiger partial charge in [0.1, 0.15) is 10.6 Å². The van der Waals surface area contributed by atoms with Crippen molar-refractivity contribution in [3.63, 3.8) is 0 Å². The fourth-order valence-corrected chi connectivity index (χ4v) is 2.90. The van der Waals surface area contributed by atoms with Gasteiger partial charge in [0.15, 0.2) is 0 Å². The second-order valence-electron chi connectivity index (χ2n) is 4.00. The van der Waals surface area contributed by atoms with Gasteiger partial charge in [-0.1, -0.05) is 0 Å². The number of phenolic OH excluding ortho intramolecular Hbond substituents is 1. The quantitative estimate of drug-likeness (QED) is 0.344. The molecule has 0 aliphatic carbocycles. The minimum absolute atomic E-state index is 0. The van der Waals surface area contributed by atoms with Gasteiger partial charge in [0.05, 0.1) is 10.6 Å². The molecule has 2 aromatic carbocycles. The Morgan fingerprint density at radius 1 is 0.905 bits per heavy atom. The number of hydrogen-bond donors (Lipinski definition) is 4. The van der Waals surface area contributed by atoms with Gasteiger partial charge >= 0.3 is 0 Å². The van der Waals surface area contributed by atoms with E-state index in [1.165, 1.54) is 0 Å². The molecule has 0 aromatic heterocycles. The van der Waals surface area contributed by atoms with Crippen molar-refractivity contribution >= 4 is 66.3 Å². The zero-order chi connectivity index (χ0) is 15.3. The minimum atomic E-state index is -4.60. The summed E-state index contributed by atoms with van der Waals surface area (Å²) in [4.78, 5) is -1.24. The van der Waals surface area contributed by atoms with Gasteiger partial charge in [-0.3, -0.25) is 9.11 Å². The monoisotopic (exact) mass is 342 g/mol. The van der Waals surface area contributed by atoms with Crippen LogP contribution < -0.4 is 5.73 Å². The van der Waals surface area contributed by atoms with Gasteiger partial charge in [0.25, 0.3) is 20.2 Å². The molecule has 0 fully saturated rings. The molecule has 0 saturated carbocycles. The zero-order valence-electron chi connectivity index (χ0n) is 10.7. The maximum Gasteiger partial charge on any atom is 0.296 e. The summed E-state index contributed by atoms with van der Waals surface area (Å²) in [5.74, 6) is -0.510. The maximum atomic E-state index is 11.1. The van der Waals surface area contributed by atoms with E-state index < -0.39 is 35.8 Å². The third-order valence-electron chi connectivity index (χ3n) is 2.61. The zero-order valence-corrected chi connectivity index (χ0v) is 14.3. The third kappa shape index (κ3) is 3.66. The minimum Gasteiger partial charge on any atom is -0.507 e. The summed E-state index contributed by atoms with van der Waals surface area (Å²) < 4.78 is 62.2. The average molecular weight is 342 g/mol. The van der Waals surface area contributed by atoms with Gasteiger partial charge in [-0.25, -0.2) is 0 Å². The van der Waals surface area contributed by atoms with Gasteiger partial charge in [-0.2, -0.15) is 16.8 Å². The Kier molecular flexibility index (Phi) is 4.95. The van der Waals surface area contributed by atoms with E-state index in [-0.39, 0.29) is 46.0 Å². The Morgan fingerprint density at radius 3 is 1.95 bits per heavy atom. The van der Waals surface area contributed by atoms with Crippen molar-refractivity contribution in [3.05, 3.63) is 24.3 Å². The molecule has 8 nitrogen and oxygen atoms in total. The molecule has 11 heteroatoms. The van der Waals surface area contributed by atoms with Crippen LogP contribution in [0.3, 0.4) is 0 Å². The number of phenols is 1. The van der Waals surface area contributed by atoms with E-state index in [1.807, 2.05) is 0 Å². The number of anilines is 1. The number of rotatable bonds is 2. The van der Waals surface area contributed by atoms with E-state index in [9.17, 15) is 21.9 Å². The average Bonchev–Trinajstić information content (AvgIpc) is 2.26. The van der Waals surface area contributed by atoms with E-state index in [0.717, 1.165) is 24.3 Å². The Morgan fingerprint density at radius 2 is 1.48 bits per heavy atom. The van der Waals surface area contributed by atoms with Crippen LogP contribution in [0.15, 0.2) is 34.1 Å². The van der Waals surface area contributed by atoms with Crippen molar-refractivity contribution in [2.45, 2.75) is 9.79 Å². The third-order valence-corrected chi connectivity index (χ3v) is 4.35. The van der Waals surface area contributed by atoms with Crippen LogP contribution in [0.2, 0.25) is 0 Å². The first kappa shape index (κ1) is 18.2. The molecule has 0 spiro atoms. The number of nitrogen functional groups attached to an aromatic ring is 1. The molecule has 0 unspecified atom stereocenters. The van der Waals surface area contributed by atoms with E-state index in [4.69, 9.17) is 14.8 Å². The van der Waals surface area contributed by atoms with Gasteiger partial charge in [0.2, 0.25) is 0 Å². The Labute approximate surface area is 142 Å². The van der Waals surface area contributed by atoms with Crippen molar-refractivity contribution in [2.24, 2.45) is 0 Å². The number of hydrogen-bond acceptors (Lipinski definition) is 6. The number of fused-ring (bicyclic) bond motifs is 1. The van der Waals surface area contributed by atoms with Crippen LogP contribution >= 0.6 is 0 Å². The molecule has 0 saturated heterocycles. The van der Waals surface area contributed by atoms with Gasteiger partial charge in [-0.05, 0) is 23.6 Å². The standard InChI is InChI=1S/C10H9NO7S2.Na/c11-8-4-7-5(2-10(8)20(16,17)18)1-6(3-9(7)12)19(13,14)15;/h1-4,12H,11H2,(H,13,14,15)(H,16,17,18);. The molecule has 2 aromatic rings. The number of nitrogens with two attached hydrogens (primary N) is 1. The van der Waals surface area contributed by atoms with Crippen molar-refractivity contribution in [3.8, 4) is 5.75 Å². The van der Waals surface area contributed by atoms with E-state index >= 15 is 0 Å². The van der Waals surface area contributed by atoms with Gasteiger partial charge in [0, 0.05) is 41.0 Å². The summed E-state index contributed by atoms with van der Waals surface area (Å²) in [6.45, 7) is 0. The predicted octanol–water partition coefficient (Wildman–Crippen LogP) is 0.240. The summed E-state index contributed by atoms with van der Waals surface area (Å²) in [5.41, 5.74) is 5.14. The summed E-state index contributed by atoms with van der Waals surface area (Å²) in [7, 11) is -9.18. The fourth-order valence-electron chi connectivity index (χ4n) is 1.73. The summed E-state index contributed by atoms with van der Waals surface area (Å²) in [6.07, 6.45) is 0. The van der Waals surface area contributed by atoms with Crippen LogP contribution in [0.4, 0.5) is 5.69 Å². The van der Waals surface area contributed by atoms with Crippen molar-refractivity contribution < 1.29 is 31.0 Å². The Balaban J connectivity index is 0.00000220. The first-order valence-electron chi connectivity index (χ1n) is 5.01. The maximum absolute atomic E-state index is 11.1. The molecule has 0 amide bonds. The SMILES string of the molecule is Nc1cc2c(O)cc(S(=O)(=O)O)cc2cc1S(=O)(=O)O.[Na]. The van der Waals surface area contributed by atoms with Crippen LogP contribution in [0.5, 0.6) is 5.75 Å². The molecular weight excluding hydrogens is 333 g/mol. The van der Waals surface area contributed by atoms with Crippen LogP contribution in [-0.4, -0.2) is 60.6 Å². The molecule has 0 heterocycles. The molecule has 5 N–H and O–H groups in total. The molecule has 0 bridgehead atoms. The van der Waals surface area contributed by atoms with Gasteiger partial charge < -0.3 is 10.8 Å². The topological polar surface area (TPSA) is 155 Å². The summed E-state index contributed by atoms with van der Waals surface area (Å²) in [5, 5.41) is 9.73. The number of benzene rings is 2. The summed E-state index contributed by atoms with van der Waals surface area (Å²) in [6, 6.07) is 3.71. The number of aromatic hydroxyl groups is 1. The molecule has 0 atom stereocenters. The molecule has 1 radical (unpaired) electrons.